The molecule has 2 unspecified atom stereocenters. The molecule has 1 fully saturated rings. The van der Waals surface area contributed by atoms with E-state index in [9.17, 15) is 13.9 Å². The van der Waals surface area contributed by atoms with Crippen LogP contribution in [0.3, 0.4) is 0 Å². The highest BCUT2D eigenvalue weighted by Gasteiger charge is 2.37. The molecule has 1 aromatic rings. The van der Waals surface area contributed by atoms with Crippen LogP contribution >= 0.6 is 0 Å². The van der Waals surface area contributed by atoms with Gasteiger partial charge in [-0.05, 0) is 61.6 Å². The molecule has 2 rings (SSSR count). The second-order valence-corrected chi connectivity index (χ2v) is 7.15. The lowest BCUT2D eigenvalue weighted by Gasteiger charge is -2.31. The number of hydrogen-bond acceptors (Lipinski definition) is 1. The Morgan fingerprint density at radius 3 is 2.50 bits per heavy atom. The van der Waals surface area contributed by atoms with Crippen LogP contribution in [0.2, 0.25) is 0 Å². The standard InChI is InChI=1S/C17H24F2O/c1-16(2,3)12-5-4-9-17(20,10-8-12)14-11-13(18)6-7-15(14)19/h6-7,11-12,20H,4-5,8-10H2,1-3H3. The molecule has 1 aromatic carbocycles. The number of rotatable bonds is 1. The van der Waals surface area contributed by atoms with Gasteiger partial charge in [0.05, 0.1) is 5.60 Å². The molecule has 0 bridgehead atoms. The summed E-state index contributed by atoms with van der Waals surface area (Å²) >= 11 is 0. The van der Waals surface area contributed by atoms with Crippen LogP contribution in [0.15, 0.2) is 18.2 Å². The molecule has 0 heterocycles. The van der Waals surface area contributed by atoms with E-state index < -0.39 is 17.2 Å². The maximum atomic E-state index is 13.9. The molecule has 1 saturated carbocycles. The first-order valence-corrected chi connectivity index (χ1v) is 7.40. The summed E-state index contributed by atoms with van der Waals surface area (Å²) in [6, 6.07) is 3.35. The Labute approximate surface area is 120 Å². The molecular weight excluding hydrogens is 258 g/mol. The lowest BCUT2D eigenvalue weighted by atomic mass is 9.76. The van der Waals surface area contributed by atoms with Crippen molar-refractivity contribution in [3.8, 4) is 0 Å². The zero-order valence-electron chi connectivity index (χ0n) is 12.5. The van der Waals surface area contributed by atoms with E-state index in [-0.39, 0.29) is 11.0 Å². The topological polar surface area (TPSA) is 20.2 Å². The summed E-state index contributed by atoms with van der Waals surface area (Å²) in [5.74, 6) is -0.498. The van der Waals surface area contributed by atoms with Crippen LogP contribution in [-0.4, -0.2) is 5.11 Å². The Morgan fingerprint density at radius 2 is 1.85 bits per heavy atom. The van der Waals surface area contributed by atoms with Crippen molar-refractivity contribution in [1.29, 1.82) is 0 Å². The van der Waals surface area contributed by atoms with Gasteiger partial charge in [-0.25, -0.2) is 8.78 Å². The zero-order chi connectivity index (χ0) is 15.0. The van der Waals surface area contributed by atoms with Crippen molar-refractivity contribution >= 4 is 0 Å². The predicted molar refractivity (Wildman–Crippen MR) is 76.3 cm³/mol. The third kappa shape index (κ3) is 3.20. The third-order valence-corrected chi connectivity index (χ3v) is 4.70. The first kappa shape index (κ1) is 15.4. The minimum absolute atomic E-state index is 0.118. The van der Waals surface area contributed by atoms with Crippen LogP contribution in [0.1, 0.15) is 58.4 Å². The first-order chi connectivity index (χ1) is 9.22. The van der Waals surface area contributed by atoms with Gasteiger partial charge in [0.2, 0.25) is 0 Å². The summed E-state index contributed by atoms with van der Waals surface area (Å²) in [4.78, 5) is 0. The van der Waals surface area contributed by atoms with Crippen molar-refractivity contribution in [2.75, 3.05) is 0 Å². The van der Waals surface area contributed by atoms with Crippen LogP contribution in [0.25, 0.3) is 0 Å². The van der Waals surface area contributed by atoms with E-state index in [1.165, 1.54) is 0 Å². The maximum Gasteiger partial charge on any atom is 0.129 e. The lowest BCUT2D eigenvalue weighted by Crippen LogP contribution is -2.27. The van der Waals surface area contributed by atoms with E-state index in [0.29, 0.717) is 18.8 Å². The lowest BCUT2D eigenvalue weighted by molar-refractivity contribution is 0.0143. The van der Waals surface area contributed by atoms with E-state index in [2.05, 4.69) is 20.8 Å². The van der Waals surface area contributed by atoms with Gasteiger partial charge in [0.15, 0.2) is 0 Å². The quantitative estimate of drug-likeness (QED) is 0.735. The molecule has 2 atom stereocenters. The number of hydrogen-bond donors (Lipinski definition) is 1. The van der Waals surface area contributed by atoms with Crippen molar-refractivity contribution in [3.05, 3.63) is 35.4 Å². The van der Waals surface area contributed by atoms with Gasteiger partial charge in [-0.1, -0.05) is 20.8 Å². The van der Waals surface area contributed by atoms with Crippen molar-refractivity contribution in [1.82, 2.24) is 0 Å². The van der Waals surface area contributed by atoms with Crippen LogP contribution in [0, 0.1) is 23.0 Å². The molecule has 0 saturated heterocycles. The predicted octanol–water partition coefficient (Wildman–Crippen LogP) is 4.78. The third-order valence-electron chi connectivity index (χ3n) is 4.70. The molecule has 1 N–H and O–H groups in total. The van der Waals surface area contributed by atoms with Crippen molar-refractivity contribution < 1.29 is 13.9 Å². The van der Waals surface area contributed by atoms with E-state index in [0.717, 1.165) is 37.5 Å². The molecule has 0 amide bonds. The Hall–Kier alpha value is -0.960. The summed E-state index contributed by atoms with van der Waals surface area (Å²) in [5.41, 5.74) is -0.926. The van der Waals surface area contributed by atoms with Crippen LogP contribution < -0.4 is 0 Å². The van der Waals surface area contributed by atoms with Gasteiger partial charge in [-0.3, -0.25) is 0 Å². The van der Waals surface area contributed by atoms with Crippen LogP contribution in [0.4, 0.5) is 8.78 Å². The minimum Gasteiger partial charge on any atom is -0.385 e. The smallest absolute Gasteiger partial charge is 0.129 e. The molecule has 0 spiro atoms. The van der Waals surface area contributed by atoms with E-state index in [4.69, 9.17) is 0 Å². The summed E-state index contributed by atoms with van der Waals surface area (Å²) in [7, 11) is 0. The molecular formula is C17H24F2O. The van der Waals surface area contributed by atoms with Gasteiger partial charge in [-0.2, -0.15) is 0 Å². The summed E-state index contributed by atoms with van der Waals surface area (Å²) in [6.07, 6.45) is 3.71. The van der Waals surface area contributed by atoms with Crippen LogP contribution in [-0.2, 0) is 5.60 Å². The summed E-state index contributed by atoms with van der Waals surface area (Å²) < 4.78 is 27.3. The van der Waals surface area contributed by atoms with E-state index >= 15 is 0 Å². The molecule has 112 valence electrons. The molecule has 0 aliphatic heterocycles. The second kappa shape index (κ2) is 5.44. The van der Waals surface area contributed by atoms with Gasteiger partial charge >= 0.3 is 0 Å². The van der Waals surface area contributed by atoms with Crippen molar-refractivity contribution in [2.45, 2.75) is 58.5 Å². The van der Waals surface area contributed by atoms with Gasteiger partial charge in [0.25, 0.3) is 0 Å². The fourth-order valence-corrected chi connectivity index (χ4v) is 3.31. The molecule has 0 radical (unpaired) electrons. The fourth-order valence-electron chi connectivity index (χ4n) is 3.31. The van der Waals surface area contributed by atoms with Gasteiger partial charge in [0, 0.05) is 5.56 Å². The second-order valence-electron chi connectivity index (χ2n) is 7.15. The Balaban J connectivity index is 2.25. The SMILES string of the molecule is CC(C)(C)C1CCCC(O)(c2cc(F)ccc2F)CC1. The molecule has 20 heavy (non-hydrogen) atoms. The molecule has 1 aliphatic rings. The Kier molecular flexibility index (Phi) is 4.19. The van der Waals surface area contributed by atoms with Crippen molar-refractivity contribution in [3.63, 3.8) is 0 Å². The van der Waals surface area contributed by atoms with E-state index in [1.54, 1.807) is 0 Å². The zero-order valence-corrected chi connectivity index (χ0v) is 12.5. The highest BCUT2D eigenvalue weighted by molar-refractivity contribution is 5.25. The molecule has 0 aromatic heterocycles. The van der Waals surface area contributed by atoms with Gasteiger partial charge in [-0.15, -0.1) is 0 Å². The summed E-state index contributed by atoms with van der Waals surface area (Å²) in [5, 5.41) is 10.8. The van der Waals surface area contributed by atoms with Gasteiger partial charge < -0.3 is 5.11 Å². The fraction of sp³-hybridized carbons (Fsp3) is 0.647. The highest BCUT2D eigenvalue weighted by atomic mass is 19.1. The molecule has 1 aliphatic carbocycles. The minimum atomic E-state index is -1.23. The largest absolute Gasteiger partial charge is 0.385 e. The molecule has 3 heteroatoms. The number of benzene rings is 1. The average Bonchev–Trinajstić information content (AvgIpc) is 2.55. The normalized spacial score (nSPS) is 28.2. The first-order valence-electron chi connectivity index (χ1n) is 7.40. The maximum absolute atomic E-state index is 13.9. The Bertz CT molecular complexity index is 478. The van der Waals surface area contributed by atoms with E-state index in [1.807, 2.05) is 0 Å². The number of aliphatic hydroxyl groups is 1. The van der Waals surface area contributed by atoms with Crippen molar-refractivity contribution in [2.24, 2.45) is 11.3 Å². The summed E-state index contributed by atoms with van der Waals surface area (Å²) in [6.45, 7) is 6.60. The van der Waals surface area contributed by atoms with Gasteiger partial charge in [0.1, 0.15) is 11.6 Å². The Morgan fingerprint density at radius 1 is 1.15 bits per heavy atom. The monoisotopic (exact) mass is 282 g/mol. The molecule has 1 nitrogen and oxygen atoms in total. The van der Waals surface area contributed by atoms with Crippen LogP contribution in [0.5, 0.6) is 0 Å². The average molecular weight is 282 g/mol. The number of halogens is 2. The highest BCUT2D eigenvalue weighted by Crippen LogP contribution is 2.44.